The van der Waals surface area contributed by atoms with Gasteiger partial charge in [-0.15, -0.1) is 0 Å². The molecule has 2 aromatic heterocycles. The number of hydrogen-bond donors (Lipinski definition) is 2. The molecule has 2 atom stereocenters. The Labute approximate surface area is 225 Å². The summed E-state index contributed by atoms with van der Waals surface area (Å²) in [7, 11) is -3.43. The molecule has 1 aliphatic rings. The number of nitro groups is 1. The summed E-state index contributed by atoms with van der Waals surface area (Å²) in [4.78, 5) is 17.3. The maximum Gasteiger partial charge on any atom is 0.269 e. The van der Waals surface area contributed by atoms with Gasteiger partial charge in [0.25, 0.3) is 5.69 Å². The van der Waals surface area contributed by atoms with Gasteiger partial charge in [-0.1, -0.05) is 6.07 Å². The maximum atomic E-state index is 11.8. The van der Waals surface area contributed by atoms with E-state index in [1.807, 2.05) is 65.1 Å². The van der Waals surface area contributed by atoms with E-state index in [1.54, 1.807) is 24.4 Å². The number of thiocarbonyl (C=S) groups is 1. The van der Waals surface area contributed by atoms with Gasteiger partial charge >= 0.3 is 0 Å². The standard InChI is InChI=1S/C26H24N6O4S2/c1-17-16-20(12-13-21(17)29-38(2,35)36)31-25(24(28-26(31)37)22-6-3-4-14-27-22)23-7-5-15-30(23)18-8-10-19(11-9-18)32(33)34/h3-16,24-25,29H,1-2H3,(H,28,37)/t24-,25-/m0/s1. The van der Waals surface area contributed by atoms with Crippen molar-refractivity contribution in [1.29, 1.82) is 0 Å². The number of non-ortho nitro benzene ring substituents is 1. The molecule has 10 nitrogen and oxygen atoms in total. The summed E-state index contributed by atoms with van der Waals surface area (Å²) in [6.45, 7) is 1.83. The molecule has 12 heteroatoms. The molecule has 0 saturated carbocycles. The van der Waals surface area contributed by atoms with Crippen LogP contribution in [0, 0.1) is 17.0 Å². The zero-order chi connectivity index (χ0) is 27.0. The quantitative estimate of drug-likeness (QED) is 0.195. The van der Waals surface area contributed by atoms with Crippen LogP contribution >= 0.6 is 12.2 Å². The molecule has 1 fully saturated rings. The number of nitrogens with zero attached hydrogens (tertiary/aromatic N) is 4. The highest BCUT2D eigenvalue weighted by Gasteiger charge is 2.42. The second kappa shape index (κ2) is 9.88. The molecule has 0 aliphatic carbocycles. The van der Waals surface area contributed by atoms with Crippen molar-refractivity contribution in [3.63, 3.8) is 0 Å². The molecular weight excluding hydrogens is 524 g/mol. The highest BCUT2D eigenvalue weighted by Crippen LogP contribution is 2.43. The lowest BCUT2D eigenvalue weighted by molar-refractivity contribution is -0.384. The van der Waals surface area contributed by atoms with Gasteiger partial charge in [0.2, 0.25) is 10.0 Å². The fraction of sp³-hybridized carbons (Fsp3) is 0.154. The lowest BCUT2D eigenvalue weighted by atomic mass is 10.0. The number of rotatable bonds is 7. The molecule has 2 aromatic carbocycles. The van der Waals surface area contributed by atoms with E-state index in [4.69, 9.17) is 12.2 Å². The number of pyridine rings is 1. The average Bonchev–Trinajstić information content (AvgIpc) is 3.49. The van der Waals surface area contributed by atoms with E-state index in [2.05, 4.69) is 15.0 Å². The lowest BCUT2D eigenvalue weighted by Crippen LogP contribution is -2.30. The topological polar surface area (TPSA) is 122 Å². The Kier molecular flexibility index (Phi) is 6.59. The van der Waals surface area contributed by atoms with Crippen LogP contribution in [0.5, 0.6) is 0 Å². The number of anilines is 2. The number of sulfonamides is 1. The Morgan fingerprint density at radius 1 is 1.05 bits per heavy atom. The monoisotopic (exact) mass is 548 g/mol. The minimum Gasteiger partial charge on any atom is -0.351 e. The van der Waals surface area contributed by atoms with Gasteiger partial charge in [-0.25, -0.2) is 8.42 Å². The van der Waals surface area contributed by atoms with Crippen molar-refractivity contribution >= 4 is 44.4 Å². The van der Waals surface area contributed by atoms with Crippen LogP contribution in [0.2, 0.25) is 0 Å². The van der Waals surface area contributed by atoms with E-state index in [9.17, 15) is 18.5 Å². The third-order valence-corrected chi connectivity index (χ3v) is 7.21. The van der Waals surface area contributed by atoms with Crippen molar-refractivity contribution in [2.75, 3.05) is 15.9 Å². The first kappa shape index (κ1) is 25.4. The first-order valence-corrected chi connectivity index (χ1v) is 13.9. The first-order chi connectivity index (χ1) is 18.1. The summed E-state index contributed by atoms with van der Waals surface area (Å²) in [5, 5.41) is 15.1. The highest BCUT2D eigenvalue weighted by atomic mass is 32.2. The molecule has 0 radical (unpaired) electrons. The Hall–Kier alpha value is -4.29. The van der Waals surface area contributed by atoms with Crippen LogP contribution < -0.4 is 14.9 Å². The van der Waals surface area contributed by atoms with E-state index < -0.39 is 14.9 Å². The molecule has 1 saturated heterocycles. The van der Waals surface area contributed by atoms with Crippen LogP contribution in [-0.4, -0.2) is 34.3 Å². The van der Waals surface area contributed by atoms with Crippen LogP contribution in [-0.2, 0) is 10.0 Å². The number of benzene rings is 2. The van der Waals surface area contributed by atoms with E-state index in [1.165, 1.54) is 12.1 Å². The number of aromatic nitrogens is 2. The summed E-state index contributed by atoms with van der Waals surface area (Å²) in [5.41, 5.74) is 4.46. The Morgan fingerprint density at radius 2 is 1.79 bits per heavy atom. The van der Waals surface area contributed by atoms with Crippen molar-refractivity contribution in [3.8, 4) is 5.69 Å². The van der Waals surface area contributed by atoms with Crippen LogP contribution in [0.15, 0.2) is 85.2 Å². The van der Waals surface area contributed by atoms with Gasteiger partial charge in [0, 0.05) is 41.6 Å². The van der Waals surface area contributed by atoms with E-state index in [0.29, 0.717) is 10.8 Å². The summed E-state index contributed by atoms with van der Waals surface area (Å²) in [6.07, 6.45) is 4.74. The zero-order valence-corrected chi connectivity index (χ0v) is 22.1. The summed E-state index contributed by atoms with van der Waals surface area (Å²) in [5.74, 6) is 0. The van der Waals surface area contributed by atoms with E-state index in [-0.39, 0.29) is 17.8 Å². The smallest absolute Gasteiger partial charge is 0.269 e. The minimum absolute atomic E-state index is 0.0115. The van der Waals surface area contributed by atoms with Crippen LogP contribution in [0.4, 0.5) is 17.1 Å². The molecule has 0 spiro atoms. The number of hydrogen-bond acceptors (Lipinski definition) is 6. The van der Waals surface area contributed by atoms with Gasteiger partial charge in [-0.05, 0) is 79.3 Å². The Bertz CT molecular complexity index is 1620. The van der Waals surface area contributed by atoms with Gasteiger partial charge in [-0.3, -0.25) is 19.8 Å². The largest absolute Gasteiger partial charge is 0.351 e. The van der Waals surface area contributed by atoms with Gasteiger partial charge in [0.1, 0.15) is 6.04 Å². The fourth-order valence-corrected chi connectivity index (χ4v) is 5.63. The van der Waals surface area contributed by atoms with Crippen LogP contribution in [0.25, 0.3) is 5.69 Å². The van der Waals surface area contributed by atoms with Gasteiger partial charge < -0.3 is 14.8 Å². The van der Waals surface area contributed by atoms with E-state index >= 15 is 0 Å². The van der Waals surface area contributed by atoms with Crippen LogP contribution in [0.3, 0.4) is 0 Å². The second-order valence-electron chi connectivity index (χ2n) is 8.95. The molecule has 194 valence electrons. The Balaban J connectivity index is 1.62. The average molecular weight is 549 g/mol. The number of aryl methyl sites for hydroxylation is 1. The molecule has 3 heterocycles. The summed E-state index contributed by atoms with van der Waals surface area (Å²) < 4.78 is 28.1. The zero-order valence-electron chi connectivity index (χ0n) is 20.5. The minimum atomic E-state index is -3.43. The molecule has 2 N–H and O–H groups in total. The van der Waals surface area contributed by atoms with Gasteiger partial charge in [-0.2, -0.15) is 0 Å². The normalized spacial score (nSPS) is 17.3. The third kappa shape index (κ3) is 4.95. The first-order valence-electron chi connectivity index (χ1n) is 11.6. The highest BCUT2D eigenvalue weighted by molar-refractivity contribution is 7.92. The van der Waals surface area contributed by atoms with E-state index in [0.717, 1.165) is 34.6 Å². The SMILES string of the molecule is Cc1cc(N2C(=S)N[C@@H](c3ccccn3)[C@@H]2c2cccn2-c2ccc([N+](=O)[O-])cc2)ccc1NS(C)(=O)=O. The summed E-state index contributed by atoms with van der Waals surface area (Å²) in [6, 6.07) is 20.7. The van der Waals surface area contributed by atoms with Gasteiger partial charge in [0.15, 0.2) is 5.11 Å². The third-order valence-electron chi connectivity index (χ3n) is 6.30. The van der Waals surface area contributed by atoms with Crippen molar-refractivity contribution in [2.45, 2.75) is 19.0 Å². The molecule has 38 heavy (non-hydrogen) atoms. The van der Waals surface area contributed by atoms with Crippen molar-refractivity contribution < 1.29 is 13.3 Å². The predicted molar refractivity (Wildman–Crippen MR) is 150 cm³/mol. The Morgan fingerprint density at radius 3 is 2.42 bits per heavy atom. The molecule has 1 aliphatic heterocycles. The van der Waals surface area contributed by atoms with Crippen molar-refractivity contribution in [2.24, 2.45) is 0 Å². The van der Waals surface area contributed by atoms with Gasteiger partial charge in [0.05, 0.1) is 28.6 Å². The van der Waals surface area contributed by atoms with Crippen molar-refractivity contribution in [3.05, 3.63) is 112 Å². The molecule has 4 aromatic rings. The molecule has 0 amide bonds. The lowest BCUT2D eigenvalue weighted by Gasteiger charge is -2.29. The molecule has 0 unspecified atom stereocenters. The molecule has 0 bridgehead atoms. The maximum absolute atomic E-state index is 11.8. The fourth-order valence-electron chi connectivity index (χ4n) is 4.65. The molecule has 5 rings (SSSR count). The second-order valence-corrected chi connectivity index (χ2v) is 11.1. The number of nitro benzene ring substituents is 1. The van der Waals surface area contributed by atoms with Crippen molar-refractivity contribution in [1.82, 2.24) is 14.9 Å². The predicted octanol–water partition coefficient (Wildman–Crippen LogP) is 4.64. The number of nitrogens with one attached hydrogen (secondary N) is 2. The molecular formula is C26H24N6O4S2. The van der Waals surface area contributed by atoms with Crippen LogP contribution in [0.1, 0.15) is 29.0 Å². The summed E-state index contributed by atoms with van der Waals surface area (Å²) >= 11 is 5.81.